The molecule has 1 aromatic rings. The summed E-state index contributed by atoms with van der Waals surface area (Å²) in [5, 5.41) is 9.43. The Morgan fingerprint density at radius 1 is 1.57 bits per heavy atom. The van der Waals surface area contributed by atoms with Crippen LogP contribution in [-0.2, 0) is 11.2 Å². The van der Waals surface area contributed by atoms with Gasteiger partial charge in [0.25, 0.3) is 0 Å². The van der Waals surface area contributed by atoms with E-state index in [1.807, 2.05) is 0 Å². The Morgan fingerprint density at radius 3 is 3.07 bits per heavy atom. The Balaban J connectivity index is 2.29. The molecule has 0 radical (unpaired) electrons. The summed E-state index contributed by atoms with van der Waals surface area (Å²) >= 11 is 5.80. The van der Waals surface area contributed by atoms with Crippen molar-refractivity contribution in [2.24, 2.45) is 5.92 Å². The lowest BCUT2D eigenvalue weighted by Gasteiger charge is -2.22. The van der Waals surface area contributed by atoms with Crippen LogP contribution in [0, 0.1) is 5.92 Å². The maximum atomic E-state index is 10.7. The summed E-state index contributed by atoms with van der Waals surface area (Å²) in [7, 11) is 0. The number of fused-ring (bicyclic) bond motifs is 1. The molecule has 1 N–H and O–H groups in total. The summed E-state index contributed by atoms with van der Waals surface area (Å²) in [4.78, 5) is 10.7. The molecular weight excluding hydrogens is 204 g/mol. The van der Waals surface area contributed by atoms with Gasteiger partial charge in [0.05, 0.1) is 5.92 Å². The number of carboxylic acid groups (broad SMARTS) is 1. The zero-order chi connectivity index (χ0) is 10.1. The highest BCUT2D eigenvalue weighted by Crippen LogP contribution is 2.29. The first-order chi connectivity index (χ1) is 6.66. The SMILES string of the molecule is O=C(O)[C@H]1COc2ccc(Cl)cc2C1. The third kappa shape index (κ3) is 1.68. The van der Waals surface area contributed by atoms with Crippen molar-refractivity contribution < 1.29 is 14.6 Å². The van der Waals surface area contributed by atoms with E-state index in [-0.39, 0.29) is 6.61 Å². The Morgan fingerprint density at radius 2 is 2.36 bits per heavy atom. The van der Waals surface area contributed by atoms with E-state index < -0.39 is 11.9 Å². The zero-order valence-corrected chi connectivity index (χ0v) is 8.12. The lowest BCUT2D eigenvalue weighted by molar-refractivity contribution is -0.143. The predicted molar refractivity (Wildman–Crippen MR) is 51.8 cm³/mol. The van der Waals surface area contributed by atoms with Crippen molar-refractivity contribution in [3.63, 3.8) is 0 Å². The van der Waals surface area contributed by atoms with Crippen molar-refractivity contribution in [3.05, 3.63) is 28.8 Å². The van der Waals surface area contributed by atoms with Crippen LogP contribution in [0.4, 0.5) is 0 Å². The summed E-state index contributed by atoms with van der Waals surface area (Å²) in [6, 6.07) is 5.27. The molecule has 3 nitrogen and oxygen atoms in total. The van der Waals surface area contributed by atoms with Gasteiger partial charge in [-0.25, -0.2) is 0 Å². The molecule has 0 spiro atoms. The first-order valence-corrected chi connectivity index (χ1v) is 4.68. The Hall–Kier alpha value is -1.22. The highest BCUT2D eigenvalue weighted by atomic mass is 35.5. The molecule has 0 unspecified atom stereocenters. The molecule has 1 heterocycles. The number of hydrogen-bond donors (Lipinski definition) is 1. The first-order valence-electron chi connectivity index (χ1n) is 4.31. The zero-order valence-electron chi connectivity index (χ0n) is 7.37. The molecule has 74 valence electrons. The Labute approximate surface area is 86.3 Å². The normalized spacial score (nSPS) is 19.6. The molecule has 0 aromatic heterocycles. The smallest absolute Gasteiger partial charge is 0.310 e. The summed E-state index contributed by atoms with van der Waals surface area (Å²) in [6.45, 7) is 0.240. The fraction of sp³-hybridized carbons (Fsp3) is 0.300. The lowest BCUT2D eigenvalue weighted by atomic mass is 9.97. The number of carbonyl (C=O) groups is 1. The summed E-state index contributed by atoms with van der Waals surface area (Å²) in [5.74, 6) is -0.538. The van der Waals surface area contributed by atoms with Crippen molar-refractivity contribution in [1.29, 1.82) is 0 Å². The second kappa shape index (κ2) is 3.50. The van der Waals surface area contributed by atoms with Gasteiger partial charge in [-0.2, -0.15) is 0 Å². The number of hydrogen-bond acceptors (Lipinski definition) is 2. The van der Waals surface area contributed by atoms with E-state index in [1.165, 1.54) is 0 Å². The van der Waals surface area contributed by atoms with E-state index in [9.17, 15) is 4.79 Å². The highest BCUT2D eigenvalue weighted by molar-refractivity contribution is 6.30. The van der Waals surface area contributed by atoms with Crippen LogP contribution in [0.1, 0.15) is 5.56 Å². The van der Waals surface area contributed by atoms with Crippen molar-refractivity contribution >= 4 is 17.6 Å². The van der Waals surface area contributed by atoms with Gasteiger partial charge in [0.1, 0.15) is 12.4 Å². The summed E-state index contributed by atoms with van der Waals surface area (Å²) in [6.07, 6.45) is 0.491. The molecule has 1 aliphatic heterocycles. The van der Waals surface area contributed by atoms with Gasteiger partial charge < -0.3 is 9.84 Å². The monoisotopic (exact) mass is 212 g/mol. The minimum absolute atomic E-state index is 0.240. The van der Waals surface area contributed by atoms with Crippen molar-refractivity contribution in [2.75, 3.05) is 6.61 Å². The molecule has 1 atom stereocenters. The maximum Gasteiger partial charge on any atom is 0.310 e. The van der Waals surface area contributed by atoms with Gasteiger partial charge in [0, 0.05) is 5.02 Å². The number of rotatable bonds is 1. The minimum atomic E-state index is -0.823. The molecule has 0 fully saturated rings. The van der Waals surface area contributed by atoms with Gasteiger partial charge in [-0.15, -0.1) is 0 Å². The van der Waals surface area contributed by atoms with Crippen LogP contribution in [0.2, 0.25) is 5.02 Å². The second-order valence-electron chi connectivity index (χ2n) is 3.30. The van der Waals surface area contributed by atoms with E-state index in [2.05, 4.69) is 0 Å². The molecule has 2 rings (SSSR count). The summed E-state index contributed by atoms with van der Waals surface area (Å²) < 4.78 is 5.31. The van der Waals surface area contributed by atoms with Crippen LogP contribution in [0.25, 0.3) is 0 Å². The molecule has 14 heavy (non-hydrogen) atoms. The molecule has 4 heteroatoms. The lowest BCUT2D eigenvalue weighted by Crippen LogP contribution is -2.27. The molecule has 1 aromatic carbocycles. The van der Waals surface area contributed by atoms with Gasteiger partial charge in [-0.3, -0.25) is 4.79 Å². The van der Waals surface area contributed by atoms with Crippen LogP contribution in [-0.4, -0.2) is 17.7 Å². The average molecular weight is 213 g/mol. The first kappa shape index (κ1) is 9.34. The van der Waals surface area contributed by atoms with Crippen LogP contribution in [0.5, 0.6) is 5.75 Å². The van der Waals surface area contributed by atoms with Gasteiger partial charge in [0.15, 0.2) is 0 Å². The number of ether oxygens (including phenoxy) is 1. The third-order valence-corrected chi connectivity index (χ3v) is 2.51. The van der Waals surface area contributed by atoms with Crippen molar-refractivity contribution in [2.45, 2.75) is 6.42 Å². The van der Waals surface area contributed by atoms with E-state index in [4.69, 9.17) is 21.4 Å². The molecule has 0 saturated carbocycles. The van der Waals surface area contributed by atoms with Crippen LogP contribution < -0.4 is 4.74 Å². The van der Waals surface area contributed by atoms with Gasteiger partial charge in [0.2, 0.25) is 0 Å². The van der Waals surface area contributed by atoms with Crippen molar-refractivity contribution in [1.82, 2.24) is 0 Å². The number of carboxylic acids is 1. The van der Waals surface area contributed by atoms with E-state index in [1.54, 1.807) is 18.2 Å². The minimum Gasteiger partial charge on any atom is -0.492 e. The molecule has 0 aliphatic carbocycles. The maximum absolute atomic E-state index is 10.7. The molecule has 0 amide bonds. The van der Waals surface area contributed by atoms with Crippen LogP contribution >= 0.6 is 11.6 Å². The number of benzene rings is 1. The topological polar surface area (TPSA) is 46.5 Å². The van der Waals surface area contributed by atoms with Gasteiger partial charge in [-0.1, -0.05) is 11.6 Å². The van der Waals surface area contributed by atoms with E-state index >= 15 is 0 Å². The highest BCUT2D eigenvalue weighted by Gasteiger charge is 2.25. The van der Waals surface area contributed by atoms with Crippen molar-refractivity contribution in [3.8, 4) is 5.75 Å². The fourth-order valence-corrected chi connectivity index (χ4v) is 1.72. The number of aliphatic carboxylic acids is 1. The standard InChI is InChI=1S/C10H9ClO3/c11-8-1-2-9-6(4-8)3-7(5-14-9)10(12)13/h1-2,4,7H,3,5H2,(H,12,13)/t7-/m1/s1. The molecular formula is C10H9ClO3. The molecule has 0 saturated heterocycles. The Bertz CT molecular complexity index is 376. The van der Waals surface area contributed by atoms with E-state index in [0.29, 0.717) is 11.4 Å². The van der Waals surface area contributed by atoms with Gasteiger partial charge >= 0.3 is 5.97 Å². The predicted octanol–water partition coefficient (Wildman–Crippen LogP) is 1.98. The Kier molecular flexibility index (Phi) is 2.33. The number of halogens is 1. The third-order valence-electron chi connectivity index (χ3n) is 2.28. The second-order valence-corrected chi connectivity index (χ2v) is 3.74. The van der Waals surface area contributed by atoms with Gasteiger partial charge in [-0.05, 0) is 30.2 Å². The van der Waals surface area contributed by atoms with Crippen LogP contribution in [0.3, 0.4) is 0 Å². The fourth-order valence-electron chi connectivity index (χ4n) is 1.52. The molecule has 1 aliphatic rings. The largest absolute Gasteiger partial charge is 0.492 e. The quantitative estimate of drug-likeness (QED) is 0.774. The average Bonchev–Trinajstić information content (AvgIpc) is 2.16. The van der Waals surface area contributed by atoms with E-state index in [0.717, 1.165) is 11.3 Å². The molecule has 0 bridgehead atoms. The summed E-state index contributed by atoms with van der Waals surface area (Å²) in [5.41, 5.74) is 0.871. The van der Waals surface area contributed by atoms with Crippen LogP contribution in [0.15, 0.2) is 18.2 Å².